The zero-order valence-corrected chi connectivity index (χ0v) is 18.2. The van der Waals surface area contributed by atoms with Crippen molar-refractivity contribution in [2.45, 2.75) is 24.7 Å². The van der Waals surface area contributed by atoms with Crippen LogP contribution in [0.15, 0.2) is 41.3 Å². The van der Waals surface area contributed by atoms with Gasteiger partial charge in [0.15, 0.2) is 0 Å². The second kappa shape index (κ2) is 8.59. The summed E-state index contributed by atoms with van der Waals surface area (Å²) in [4.78, 5) is 12.5. The number of carbonyl (C=O) groups excluding carboxylic acids is 1. The number of hydrogen-bond acceptors (Lipinski definition) is 3. The normalized spacial score (nSPS) is 16.1. The second-order valence-corrected chi connectivity index (χ2v) is 9.86. The Morgan fingerprint density at radius 2 is 1.71 bits per heavy atom. The van der Waals surface area contributed by atoms with E-state index in [1.54, 1.807) is 12.1 Å². The average molecular weight is 462 g/mol. The van der Waals surface area contributed by atoms with Gasteiger partial charge in [-0.1, -0.05) is 40.9 Å². The van der Waals surface area contributed by atoms with E-state index < -0.39 is 10.0 Å². The lowest BCUT2D eigenvalue weighted by Crippen LogP contribution is -2.41. The molecule has 5 nitrogen and oxygen atoms in total. The summed E-state index contributed by atoms with van der Waals surface area (Å²) in [5.41, 5.74) is 1.55. The van der Waals surface area contributed by atoms with Crippen molar-refractivity contribution in [3.63, 3.8) is 0 Å². The van der Waals surface area contributed by atoms with E-state index in [9.17, 15) is 13.2 Å². The van der Waals surface area contributed by atoms with E-state index in [0.717, 1.165) is 5.56 Å². The fourth-order valence-electron chi connectivity index (χ4n) is 3.09. The van der Waals surface area contributed by atoms with Crippen molar-refractivity contribution in [3.05, 3.63) is 57.0 Å². The summed E-state index contributed by atoms with van der Waals surface area (Å²) in [5.74, 6) is -0.417. The monoisotopic (exact) mass is 460 g/mol. The standard InChI is InChI=1S/C19H19Cl3N2O3S/c1-12-2-4-15(11-17(12)22)23-19(25)13-6-8-24(9-7-13)28(26,27)18-10-14(20)3-5-16(18)21/h2-5,10-11,13H,6-9H2,1H3,(H,23,25). The summed E-state index contributed by atoms with van der Waals surface area (Å²) in [5, 5.41) is 3.86. The molecule has 0 unspecified atom stereocenters. The first-order chi connectivity index (χ1) is 13.2. The summed E-state index contributed by atoms with van der Waals surface area (Å²) in [6, 6.07) is 9.68. The minimum Gasteiger partial charge on any atom is -0.326 e. The van der Waals surface area contributed by atoms with Crippen LogP contribution in [0.1, 0.15) is 18.4 Å². The van der Waals surface area contributed by atoms with Crippen LogP contribution in [0.5, 0.6) is 0 Å². The van der Waals surface area contributed by atoms with Crippen molar-refractivity contribution in [2.24, 2.45) is 5.92 Å². The molecule has 2 aromatic rings. The van der Waals surface area contributed by atoms with Gasteiger partial charge >= 0.3 is 0 Å². The first kappa shape index (κ1) is 21.4. The van der Waals surface area contributed by atoms with Crippen LogP contribution >= 0.6 is 34.8 Å². The molecule has 3 rings (SSSR count). The lowest BCUT2D eigenvalue weighted by atomic mass is 9.97. The fraction of sp³-hybridized carbons (Fsp3) is 0.316. The van der Waals surface area contributed by atoms with Crippen molar-refractivity contribution >= 4 is 56.4 Å². The molecule has 0 saturated carbocycles. The highest BCUT2D eigenvalue weighted by molar-refractivity contribution is 7.89. The summed E-state index contributed by atoms with van der Waals surface area (Å²) < 4.78 is 27.1. The van der Waals surface area contributed by atoms with Crippen molar-refractivity contribution in [2.75, 3.05) is 18.4 Å². The minimum absolute atomic E-state index is 0.0149. The maximum atomic E-state index is 12.9. The molecule has 0 spiro atoms. The summed E-state index contributed by atoms with van der Waals surface area (Å²) in [6.07, 6.45) is 0.839. The molecule has 1 aliphatic rings. The third-order valence-corrected chi connectivity index (χ3v) is 7.80. The summed E-state index contributed by atoms with van der Waals surface area (Å²) in [6.45, 7) is 2.35. The first-order valence-corrected chi connectivity index (χ1v) is 11.3. The molecular formula is C19H19Cl3N2O3S. The SMILES string of the molecule is Cc1ccc(NC(=O)C2CCN(S(=O)(=O)c3cc(Cl)ccc3Cl)CC2)cc1Cl. The van der Waals surface area contributed by atoms with E-state index in [-0.39, 0.29) is 34.8 Å². The van der Waals surface area contributed by atoms with Gasteiger partial charge in [0.25, 0.3) is 0 Å². The van der Waals surface area contributed by atoms with Crippen molar-refractivity contribution in [1.82, 2.24) is 4.31 Å². The highest BCUT2D eigenvalue weighted by Crippen LogP contribution is 2.31. The number of halogens is 3. The maximum Gasteiger partial charge on any atom is 0.244 e. The molecule has 1 saturated heterocycles. The van der Waals surface area contributed by atoms with Crippen LogP contribution in [0.2, 0.25) is 15.1 Å². The topological polar surface area (TPSA) is 66.5 Å². The average Bonchev–Trinajstić information content (AvgIpc) is 2.66. The largest absolute Gasteiger partial charge is 0.326 e. The number of amides is 1. The molecule has 0 aliphatic carbocycles. The molecular weight excluding hydrogens is 443 g/mol. The van der Waals surface area contributed by atoms with Crippen LogP contribution in [-0.2, 0) is 14.8 Å². The molecule has 1 heterocycles. The summed E-state index contributed by atoms with van der Waals surface area (Å²) in [7, 11) is -3.77. The first-order valence-electron chi connectivity index (χ1n) is 8.70. The fourth-order valence-corrected chi connectivity index (χ4v) is 5.47. The molecule has 1 fully saturated rings. The number of nitrogens with zero attached hydrogens (tertiary/aromatic N) is 1. The molecule has 0 atom stereocenters. The number of benzene rings is 2. The van der Waals surface area contributed by atoms with E-state index in [1.807, 2.05) is 13.0 Å². The Kier molecular flexibility index (Phi) is 6.57. The number of hydrogen-bond donors (Lipinski definition) is 1. The molecule has 0 aromatic heterocycles. The third kappa shape index (κ3) is 4.63. The van der Waals surface area contributed by atoms with E-state index in [0.29, 0.717) is 28.6 Å². The van der Waals surface area contributed by atoms with Crippen LogP contribution in [0.25, 0.3) is 0 Å². The Morgan fingerprint density at radius 1 is 1.04 bits per heavy atom. The van der Waals surface area contributed by atoms with Crippen LogP contribution in [0, 0.1) is 12.8 Å². The Morgan fingerprint density at radius 3 is 2.36 bits per heavy atom. The Balaban J connectivity index is 1.65. The molecule has 1 N–H and O–H groups in total. The van der Waals surface area contributed by atoms with Gasteiger partial charge in [0.1, 0.15) is 4.90 Å². The van der Waals surface area contributed by atoms with E-state index in [2.05, 4.69) is 5.32 Å². The Bertz CT molecular complexity index is 1000. The molecule has 1 amide bonds. The maximum absolute atomic E-state index is 12.9. The van der Waals surface area contributed by atoms with Gasteiger partial charge in [-0.25, -0.2) is 8.42 Å². The molecule has 150 valence electrons. The van der Waals surface area contributed by atoms with E-state index in [1.165, 1.54) is 22.5 Å². The number of carbonyl (C=O) groups is 1. The quantitative estimate of drug-likeness (QED) is 0.697. The predicted octanol–water partition coefficient (Wildman–Crippen LogP) is 4.99. The zero-order valence-electron chi connectivity index (χ0n) is 15.1. The van der Waals surface area contributed by atoms with Crippen LogP contribution in [0.4, 0.5) is 5.69 Å². The lowest BCUT2D eigenvalue weighted by Gasteiger charge is -2.30. The number of piperidine rings is 1. The predicted molar refractivity (Wildman–Crippen MR) is 113 cm³/mol. The number of aryl methyl sites for hydroxylation is 1. The number of sulfonamides is 1. The Labute approximate surface area is 179 Å². The van der Waals surface area contributed by atoms with Gasteiger partial charge in [-0.15, -0.1) is 0 Å². The van der Waals surface area contributed by atoms with Gasteiger partial charge in [-0.3, -0.25) is 4.79 Å². The summed E-state index contributed by atoms with van der Waals surface area (Å²) >= 11 is 18.1. The molecule has 1 aliphatic heterocycles. The number of rotatable bonds is 4. The van der Waals surface area contributed by atoms with E-state index >= 15 is 0 Å². The highest BCUT2D eigenvalue weighted by atomic mass is 35.5. The van der Waals surface area contributed by atoms with Gasteiger partial charge < -0.3 is 5.32 Å². The van der Waals surface area contributed by atoms with Gasteiger partial charge in [-0.05, 0) is 55.7 Å². The number of nitrogens with one attached hydrogen (secondary N) is 1. The number of anilines is 1. The molecule has 9 heteroatoms. The highest BCUT2D eigenvalue weighted by Gasteiger charge is 2.33. The van der Waals surface area contributed by atoms with E-state index in [4.69, 9.17) is 34.8 Å². The molecule has 2 aromatic carbocycles. The van der Waals surface area contributed by atoms with Crippen LogP contribution in [0.3, 0.4) is 0 Å². The van der Waals surface area contributed by atoms with Gasteiger partial charge in [0.05, 0.1) is 5.02 Å². The second-order valence-electron chi connectivity index (χ2n) is 6.71. The van der Waals surface area contributed by atoms with Gasteiger partial charge in [0.2, 0.25) is 15.9 Å². The zero-order chi connectivity index (χ0) is 20.5. The van der Waals surface area contributed by atoms with Crippen LogP contribution < -0.4 is 5.32 Å². The van der Waals surface area contributed by atoms with Crippen molar-refractivity contribution < 1.29 is 13.2 Å². The van der Waals surface area contributed by atoms with Gasteiger partial charge in [0, 0.05) is 34.7 Å². The van der Waals surface area contributed by atoms with Crippen molar-refractivity contribution in [3.8, 4) is 0 Å². The molecule has 28 heavy (non-hydrogen) atoms. The minimum atomic E-state index is -3.77. The van der Waals surface area contributed by atoms with Gasteiger partial charge in [-0.2, -0.15) is 4.31 Å². The molecule has 0 radical (unpaired) electrons. The van der Waals surface area contributed by atoms with Crippen LogP contribution in [-0.4, -0.2) is 31.7 Å². The molecule has 0 bridgehead atoms. The van der Waals surface area contributed by atoms with Crippen molar-refractivity contribution in [1.29, 1.82) is 0 Å². The third-order valence-electron chi connectivity index (χ3n) is 4.78. The Hall–Kier alpha value is -1.31. The lowest BCUT2D eigenvalue weighted by molar-refractivity contribution is -0.120. The smallest absolute Gasteiger partial charge is 0.244 e.